The predicted octanol–water partition coefficient (Wildman–Crippen LogP) is 1.67. The third kappa shape index (κ3) is 3.67. The van der Waals surface area contributed by atoms with Crippen LogP contribution >= 0.6 is 0 Å². The molecule has 17 heavy (non-hydrogen) atoms. The van der Waals surface area contributed by atoms with Crippen molar-refractivity contribution < 1.29 is 0 Å². The zero-order chi connectivity index (χ0) is 12.1. The first-order valence-electron chi connectivity index (χ1n) is 7.53. The lowest BCUT2D eigenvalue weighted by Crippen LogP contribution is -2.65. The Balaban J connectivity index is 1.64. The van der Waals surface area contributed by atoms with Gasteiger partial charge in [0.1, 0.15) is 0 Å². The van der Waals surface area contributed by atoms with E-state index in [4.69, 9.17) is 5.73 Å². The first-order valence-corrected chi connectivity index (χ1v) is 7.53. The molecule has 0 radical (unpaired) electrons. The van der Waals surface area contributed by atoms with Crippen LogP contribution in [0.1, 0.15) is 45.4 Å². The quantitative estimate of drug-likeness (QED) is 0.686. The Kier molecular flexibility index (Phi) is 5.26. The highest BCUT2D eigenvalue weighted by Crippen LogP contribution is 2.20. The van der Waals surface area contributed by atoms with E-state index in [1.165, 1.54) is 71.2 Å². The van der Waals surface area contributed by atoms with Crippen LogP contribution < -0.4 is 5.73 Å². The first-order chi connectivity index (χ1) is 8.31. The number of nitrogens with zero attached hydrogens (tertiary/aromatic N) is 2. The van der Waals surface area contributed by atoms with Gasteiger partial charge in [0.2, 0.25) is 0 Å². The molecule has 2 atom stereocenters. The lowest BCUT2D eigenvalue weighted by atomic mass is 9.96. The second-order valence-electron chi connectivity index (χ2n) is 5.77. The Hall–Kier alpha value is -0.120. The number of hydrogen-bond donors (Lipinski definition) is 1. The van der Waals surface area contributed by atoms with E-state index in [0.29, 0.717) is 12.1 Å². The van der Waals surface area contributed by atoms with Gasteiger partial charge in [-0.05, 0) is 6.42 Å². The molecule has 100 valence electrons. The number of piperazine rings is 3. The number of nitrogens with two attached hydrogens (primary N) is 1. The number of fused-ring (bicyclic) bond motifs is 3. The van der Waals surface area contributed by atoms with Crippen LogP contribution in [0.3, 0.4) is 0 Å². The summed E-state index contributed by atoms with van der Waals surface area (Å²) in [4.78, 5) is 5.21. The van der Waals surface area contributed by atoms with Crippen molar-refractivity contribution in [2.24, 2.45) is 5.73 Å². The zero-order valence-electron chi connectivity index (χ0n) is 11.4. The molecule has 3 rings (SSSR count). The summed E-state index contributed by atoms with van der Waals surface area (Å²) in [6.07, 6.45) is 8.03. The second-order valence-corrected chi connectivity index (χ2v) is 5.77. The maximum atomic E-state index is 6.38. The van der Waals surface area contributed by atoms with Crippen molar-refractivity contribution >= 4 is 0 Å². The van der Waals surface area contributed by atoms with E-state index in [1.54, 1.807) is 0 Å². The van der Waals surface area contributed by atoms with Crippen LogP contribution in [-0.4, -0.2) is 54.6 Å². The Labute approximate surface area is 106 Å². The highest BCUT2D eigenvalue weighted by molar-refractivity contribution is 4.93. The number of rotatable bonds is 7. The summed E-state index contributed by atoms with van der Waals surface area (Å²) in [6, 6.07) is 1.04. The van der Waals surface area contributed by atoms with Crippen molar-refractivity contribution in [2.45, 2.75) is 57.5 Å². The smallest absolute Gasteiger partial charge is 0.0375 e. The van der Waals surface area contributed by atoms with Gasteiger partial charge in [-0.25, -0.2) is 0 Å². The van der Waals surface area contributed by atoms with Crippen molar-refractivity contribution in [1.82, 2.24) is 9.80 Å². The summed E-state index contributed by atoms with van der Waals surface area (Å²) in [5.74, 6) is 0. The second kappa shape index (κ2) is 6.72. The largest absolute Gasteiger partial charge is 0.326 e. The molecule has 0 aromatic rings. The Bertz CT molecular complexity index is 212. The summed E-state index contributed by atoms with van der Waals surface area (Å²) in [6.45, 7) is 8.50. The number of unbranched alkanes of at least 4 members (excludes halogenated alkanes) is 4. The molecule has 0 spiro atoms. The van der Waals surface area contributed by atoms with Crippen LogP contribution in [-0.2, 0) is 0 Å². The van der Waals surface area contributed by atoms with Gasteiger partial charge in [-0.15, -0.1) is 0 Å². The van der Waals surface area contributed by atoms with E-state index in [1.807, 2.05) is 0 Å². The molecule has 3 aliphatic rings. The van der Waals surface area contributed by atoms with Crippen LogP contribution in [0.25, 0.3) is 0 Å². The van der Waals surface area contributed by atoms with Crippen LogP contribution in [0.15, 0.2) is 0 Å². The summed E-state index contributed by atoms with van der Waals surface area (Å²) in [7, 11) is 0. The lowest BCUT2D eigenvalue weighted by Gasteiger charge is -2.49. The van der Waals surface area contributed by atoms with Crippen LogP contribution in [0.4, 0.5) is 0 Å². The minimum absolute atomic E-state index is 0.403. The monoisotopic (exact) mass is 239 g/mol. The first kappa shape index (κ1) is 13.3. The van der Waals surface area contributed by atoms with Crippen LogP contribution in [0, 0.1) is 0 Å². The molecule has 0 aliphatic carbocycles. The molecule has 0 aromatic heterocycles. The van der Waals surface area contributed by atoms with Gasteiger partial charge in [-0.1, -0.05) is 39.0 Å². The van der Waals surface area contributed by atoms with Crippen molar-refractivity contribution in [2.75, 3.05) is 32.7 Å². The molecule has 0 aromatic carbocycles. The molecule has 0 saturated carbocycles. The maximum absolute atomic E-state index is 6.38. The highest BCUT2D eigenvalue weighted by Gasteiger charge is 2.34. The van der Waals surface area contributed by atoms with Gasteiger partial charge in [0.15, 0.2) is 0 Å². The molecule has 2 bridgehead atoms. The van der Waals surface area contributed by atoms with E-state index in [-0.39, 0.29) is 0 Å². The van der Waals surface area contributed by atoms with E-state index in [2.05, 4.69) is 16.7 Å². The molecule has 3 fully saturated rings. The highest BCUT2D eigenvalue weighted by atomic mass is 15.3. The fourth-order valence-corrected chi connectivity index (χ4v) is 3.24. The van der Waals surface area contributed by atoms with Gasteiger partial charge < -0.3 is 5.73 Å². The summed E-state index contributed by atoms with van der Waals surface area (Å²) in [5.41, 5.74) is 6.38. The molecule has 3 nitrogen and oxygen atoms in total. The van der Waals surface area contributed by atoms with Gasteiger partial charge in [-0.2, -0.15) is 0 Å². The van der Waals surface area contributed by atoms with E-state index in [9.17, 15) is 0 Å². The van der Waals surface area contributed by atoms with Crippen molar-refractivity contribution in [1.29, 1.82) is 0 Å². The topological polar surface area (TPSA) is 32.5 Å². The van der Waals surface area contributed by atoms with Gasteiger partial charge in [0, 0.05) is 44.8 Å². The Morgan fingerprint density at radius 2 is 1.76 bits per heavy atom. The molecule has 3 heterocycles. The molecule has 2 unspecified atom stereocenters. The van der Waals surface area contributed by atoms with Gasteiger partial charge in [0.25, 0.3) is 0 Å². The van der Waals surface area contributed by atoms with Crippen molar-refractivity contribution in [3.63, 3.8) is 0 Å². The van der Waals surface area contributed by atoms with Gasteiger partial charge in [-0.3, -0.25) is 9.80 Å². The van der Waals surface area contributed by atoms with E-state index >= 15 is 0 Å². The minimum Gasteiger partial charge on any atom is -0.326 e. The summed E-state index contributed by atoms with van der Waals surface area (Å²) >= 11 is 0. The molecule has 3 saturated heterocycles. The Morgan fingerprint density at radius 3 is 2.35 bits per heavy atom. The zero-order valence-corrected chi connectivity index (χ0v) is 11.4. The summed E-state index contributed by atoms with van der Waals surface area (Å²) < 4.78 is 0. The number of hydrogen-bond acceptors (Lipinski definition) is 3. The van der Waals surface area contributed by atoms with Crippen molar-refractivity contribution in [3.8, 4) is 0 Å². The van der Waals surface area contributed by atoms with Crippen LogP contribution in [0.5, 0.6) is 0 Å². The molecule has 3 aliphatic heterocycles. The van der Waals surface area contributed by atoms with E-state index < -0.39 is 0 Å². The molecule has 0 amide bonds. The molecule has 3 heteroatoms. The Morgan fingerprint density at radius 1 is 1.06 bits per heavy atom. The average molecular weight is 239 g/mol. The van der Waals surface area contributed by atoms with Crippen molar-refractivity contribution in [3.05, 3.63) is 0 Å². The maximum Gasteiger partial charge on any atom is 0.0375 e. The third-order valence-electron chi connectivity index (χ3n) is 4.46. The third-order valence-corrected chi connectivity index (χ3v) is 4.46. The average Bonchev–Trinajstić information content (AvgIpc) is 2.39. The fourth-order valence-electron chi connectivity index (χ4n) is 3.24. The fraction of sp³-hybridized carbons (Fsp3) is 1.00. The molecular formula is C14H29N3. The van der Waals surface area contributed by atoms with E-state index in [0.717, 1.165) is 0 Å². The molecule has 2 N–H and O–H groups in total. The predicted molar refractivity (Wildman–Crippen MR) is 73.2 cm³/mol. The molecular weight excluding hydrogens is 210 g/mol. The van der Waals surface area contributed by atoms with Gasteiger partial charge in [0.05, 0.1) is 0 Å². The minimum atomic E-state index is 0.403. The van der Waals surface area contributed by atoms with Crippen LogP contribution in [0.2, 0.25) is 0 Å². The van der Waals surface area contributed by atoms with Gasteiger partial charge >= 0.3 is 0 Å². The standard InChI is InChI=1S/C14H29N3/c1-2-3-4-5-6-7-13(15)14-12-16-8-10-17(14)11-9-16/h13-14H,2-12,15H2,1H3. The normalized spacial score (nSPS) is 33.9. The lowest BCUT2D eigenvalue weighted by molar-refractivity contribution is 0.00112. The SMILES string of the molecule is CCCCCCCC(N)C1CN2CCN1CC2. The summed E-state index contributed by atoms with van der Waals surface area (Å²) in [5, 5.41) is 0.